The summed E-state index contributed by atoms with van der Waals surface area (Å²) < 4.78 is 0. The Labute approximate surface area is 152 Å². The molecule has 1 aromatic carbocycles. The Bertz CT molecular complexity index is 829. The van der Waals surface area contributed by atoms with E-state index < -0.39 is 0 Å². The van der Waals surface area contributed by atoms with Crippen molar-refractivity contribution in [2.24, 2.45) is 0 Å². The van der Waals surface area contributed by atoms with Gasteiger partial charge in [-0.25, -0.2) is 0 Å². The molecule has 26 heavy (non-hydrogen) atoms. The largest absolute Gasteiger partial charge is 0.349 e. The zero-order valence-electron chi connectivity index (χ0n) is 14.3. The molecule has 2 amide bonds. The maximum atomic E-state index is 12.4. The molecule has 0 saturated heterocycles. The van der Waals surface area contributed by atoms with Crippen molar-refractivity contribution in [3.63, 3.8) is 0 Å². The highest BCUT2D eigenvalue weighted by atomic mass is 16.2. The summed E-state index contributed by atoms with van der Waals surface area (Å²) >= 11 is 0. The molecule has 132 valence electrons. The predicted octanol–water partition coefficient (Wildman–Crippen LogP) is 2.42. The van der Waals surface area contributed by atoms with E-state index in [1.165, 1.54) is 0 Å². The molecule has 1 saturated carbocycles. The number of carbonyl (C=O) groups excluding carboxylic acids is 2. The van der Waals surface area contributed by atoms with Crippen LogP contribution in [0, 0.1) is 11.3 Å². The van der Waals surface area contributed by atoms with Crippen LogP contribution in [0.15, 0.2) is 48.7 Å². The molecule has 3 rings (SSSR count). The molecule has 0 spiro atoms. The van der Waals surface area contributed by atoms with Gasteiger partial charge in [0.2, 0.25) is 0 Å². The van der Waals surface area contributed by atoms with Crippen LogP contribution in [-0.4, -0.2) is 28.9 Å². The first-order valence-electron chi connectivity index (χ1n) is 8.68. The molecule has 0 radical (unpaired) electrons. The maximum Gasteiger partial charge on any atom is 0.270 e. The average Bonchev–Trinajstić information content (AvgIpc) is 2.69. The fourth-order valence-corrected chi connectivity index (χ4v) is 3.21. The van der Waals surface area contributed by atoms with E-state index in [0.717, 1.165) is 19.3 Å². The van der Waals surface area contributed by atoms with Gasteiger partial charge in [-0.05, 0) is 56.0 Å². The molecule has 2 N–H and O–H groups in total. The summed E-state index contributed by atoms with van der Waals surface area (Å²) in [6.07, 6.45) is 4.96. The molecule has 1 aliphatic rings. The normalized spacial score (nSPS) is 19.2. The van der Waals surface area contributed by atoms with Crippen LogP contribution in [0.4, 0.5) is 0 Å². The van der Waals surface area contributed by atoms with Crippen molar-refractivity contribution >= 4 is 11.8 Å². The Morgan fingerprint density at radius 1 is 1.04 bits per heavy atom. The van der Waals surface area contributed by atoms with Crippen molar-refractivity contribution < 1.29 is 9.59 Å². The van der Waals surface area contributed by atoms with Crippen LogP contribution in [0.1, 0.15) is 52.1 Å². The summed E-state index contributed by atoms with van der Waals surface area (Å²) in [5.74, 6) is -0.381. The molecule has 6 nitrogen and oxygen atoms in total. The van der Waals surface area contributed by atoms with E-state index >= 15 is 0 Å². The highest BCUT2D eigenvalue weighted by Gasteiger charge is 2.25. The molecule has 2 atom stereocenters. The van der Waals surface area contributed by atoms with Gasteiger partial charge in [0.05, 0.1) is 11.6 Å². The van der Waals surface area contributed by atoms with Crippen LogP contribution in [0.2, 0.25) is 0 Å². The average molecular weight is 348 g/mol. The van der Waals surface area contributed by atoms with E-state index in [-0.39, 0.29) is 23.9 Å². The van der Waals surface area contributed by atoms with Crippen LogP contribution in [-0.2, 0) is 0 Å². The minimum absolute atomic E-state index is 0.00368. The zero-order valence-corrected chi connectivity index (χ0v) is 14.3. The van der Waals surface area contributed by atoms with E-state index in [1.54, 1.807) is 48.7 Å². The molecule has 6 heteroatoms. The number of benzene rings is 1. The first-order chi connectivity index (χ1) is 12.7. The molecule has 0 aliphatic heterocycles. The molecule has 1 heterocycles. The van der Waals surface area contributed by atoms with Gasteiger partial charge in [0.1, 0.15) is 5.69 Å². The molecule has 1 aliphatic carbocycles. The Hall–Kier alpha value is -3.20. The van der Waals surface area contributed by atoms with Gasteiger partial charge < -0.3 is 10.6 Å². The van der Waals surface area contributed by atoms with E-state index in [1.807, 2.05) is 6.07 Å². The second-order valence-electron chi connectivity index (χ2n) is 6.41. The number of aromatic nitrogens is 1. The second-order valence-corrected chi connectivity index (χ2v) is 6.41. The summed E-state index contributed by atoms with van der Waals surface area (Å²) in [7, 11) is 0. The molecule has 0 bridgehead atoms. The van der Waals surface area contributed by atoms with Gasteiger partial charge in [-0.3, -0.25) is 14.6 Å². The van der Waals surface area contributed by atoms with Gasteiger partial charge in [-0.15, -0.1) is 0 Å². The number of nitrogens with zero attached hydrogens (tertiary/aromatic N) is 2. The van der Waals surface area contributed by atoms with Crippen molar-refractivity contribution in [2.45, 2.75) is 37.8 Å². The lowest BCUT2D eigenvalue weighted by atomic mass is 9.90. The smallest absolute Gasteiger partial charge is 0.270 e. The van der Waals surface area contributed by atoms with E-state index in [0.29, 0.717) is 23.2 Å². The fraction of sp³-hybridized carbons (Fsp3) is 0.300. The van der Waals surface area contributed by atoms with Crippen LogP contribution >= 0.6 is 0 Å². The lowest BCUT2D eigenvalue weighted by Crippen LogP contribution is -2.45. The van der Waals surface area contributed by atoms with Gasteiger partial charge >= 0.3 is 0 Å². The van der Waals surface area contributed by atoms with Crippen LogP contribution in [0.5, 0.6) is 0 Å². The number of hydrogen-bond acceptors (Lipinski definition) is 4. The van der Waals surface area contributed by atoms with Gasteiger partial charge in [0, 0.05) is 23.8 Å². The van der Waals surface area contributed by atoms with Crippen LogP contribution in [0.25, 0.3) is 0 Å². The van der Waals surface area contributed by atoms with E-state index in [4.69, 9.17) is 5.26 Å². The zero-order chi connectivity index (χ0) is 18.4. The van der Waals surface area contributed by atoms with Gasteiger partial charge in [0.25, 0.3) is 11.8 Å². The quantitative estimate of drug-likeness (QED) is 0.887. The van der Waals surface area contributed by atoms with Crippen molar-refractivity contribution in [1.82, 2.24) is 15.6 Å². The van der Waals surface area contributed by atoms with Gasteiger partial charge in [-0.2, -0.15) is 5.26 Å². The van der Waals surface area contributed by atoms with Crippen LogP contribution < -0.4 is 10.6 Å². The van der Waals surface area contributed by atoms with Crippen LogP contribution in [0.3, 0.4) is 0 Å². The first kappa shape index (κ1) is 17.6. The van der Waals surface area contributed by atoms with Crippen molar-refractivity contribution in [1.29, 1.82) is 5.26 Å². The standard InChI is InChI=1S/C20H20N4O2/c21-13-14-5-3-6-15(11-14)19(25)23-16-7-4-8-17(12-16)24-20(26)18-9-1-2-10-22-18/h1-3,5-6,9-11,16-17H,4,7-8,12H2,(H,23,25)(H,24,26)/t16-,17-/m1/s1. The van der Waals surface area contributed by atoms with Crippen molar-refractivity contribution in [2.75, 3.05) is 0 Å². The number of pyridine rings is 1. The summed E-state index contributed by atoms with van der Waals surface area (Å²) in [6, 6.07) is 13.9. The third-order valence-electron chi connectivity index (χ3n) is 4.50. The number of hydrogen-bond donors (Lipinski definition) is 2. The van der Waals surface area contributed by atoms with Crippen molar-refractivity contribution in [3.05, 3.63) is 65.5 Å². The Morgan fingerprint density at radius 2 is 1.81 bits per heavy atom. The minimum Gasteiger partial charge on any atom is -0.349 e. The summed E-state index contributed by atoms with van der Waals surface area (Å²) in [5, 5.41) is 15.0. The lowest BCUT2D eigenvalue weighted by Gasteiger charge is -2.30. The highest BCUT2D eigenvalue weighted by Crippen LogP contribution is 2.19. The first-order valence-corrected chi connectivity index (χ1v) is 8.68. The Kier molecular flexibility index (Phi) is 5.59. The van der Waals surface area contributed by atoms with Gasteiger partial charge in [-0.1, -0.05) is 12.1 Å². The predicted molar refractivity (Wildman–Crippen MR) is 96.4 cm³/mol. The SMILES string of the molecule is N#Cc1cccc(C(=O)N[C@@H]2CCC[C@@H](NC(=O)c3ccccn3)C2)c1. The van der Waals surface area contributed by atoms with Gasteiger partial charge in [0.15, 0.2) is 0 Å². The molecular formula is C20H20N4O2. The summed E-state index contributed by atoms with van der Waals surface area (Å²) in [6.45, 7) is 0. The highest BCUT2D eigenvalue weighted by molar-refractivity contribution is 5.94. The molecule has 1 aromatic heterocycles. The van der Waals surface area contributed by atoms with E-state index in [9.17, 15) is 9.59 Å². The third-order valence-corrected chi connectivity index (χ3v) is 4.50. The maximum absolute atomic E-state index is 12.4. The van der Waals surface area contributed by atoms with E-state index in [2.05, 4.69) is 15.6 Å². The topological polar surface area (TPSA) is 94.9 Å². The Morgan fingerprint density at radius 3 is 2.50 bits per heavy atom. The molecular weight excluding hydrogens is 328 g/mol. The number of carbonyl (C=O) groups is 2. The number of rotatable bonds is 4. The molecule has 1 fully saturated rings. The monoisotopic (exact) mass is 348 g/mol. The lowest BCUT2D eigenvalue weighted by molar-refractivity contribution is 0.0900. The summed E-state index contributed by atoms with van der Waals surface area (Å²) in [5.41, 5.74) is 1.33. The third kappa shape index (κ3) is 4.45. The fourth-order valence-electron chi connectivity index (χ4n) is 3.21. The number of nitriles is 1. The summed E-state index contributed by atoms with van der Waals surface area (Å²) in [4.78, 5) is 28.7. The molecule has 0 unspecified atom stereocenters. The molecule has 2 aromatic rings. The number of nitrogens with one attached hydrogen (secondary N) is 2. The Balaban J connectivity index is 1.57. The van der Waals surface area contributed by atoms with Crippen molar-refractivity contribution in [3.8, 4) is 6.07 Å². The number of amides is 2. The minimum atomic E-state index is -0.191. The second kappa shape index (κ2) is 8.26.